The standard InChI is InChI=1S/C18H26N2O3S/c1-18(2,3)23-17(22)19-12-14-6-9-20(10-7-14)16(21)5-4-15-8-11-24-13-15/h4-5,8,11,13-14H,6-7,9-10,12H2,1-3H3,(H,19,22)/b5-4+. The number of nitrogens with zero attached hydrogens (tertiary/aromatic N) is 1. The Kier molecular flexibility index (Phi) is 6.43. The van der Waals surface area contributed by atoms with Gasteiger partial charge in [-0.25, -0.2) is 4.79 Å². The largest absolute Gasteiger partial charge is 0.444 e. The van der Waals surface area contributed by atoms with E-state index in [1.54, 1.807) is 17.4 Å². The predicted octanol–water partition coefficient (Wildman–Crippen LogP) is 3.52. The molecule has 0 radical (unpaired) electrons. The highest BCUT2D eigenvalue weighted by Crippen LogP contribution is 2.17. The maximum Gasteiger partial charge on any atom is 0.407 e. The average Bonchev–Trinajstić information content (AvgIpc) is 3.03. The van der Waals surface area contributed by atoms with E-state index in [4.69, 9.17) is 4.74 Å². The smallest absolute Gasteiger partial charge is 0.407 e. The lowest BCUT2D eigenvalue weighted by Crippen LogP contribution is -2.41. The molecule has 2 rings (SSSR count). The van der Waals surface area contributed by atoms with Gasteiger partial charge < -0.3 is 15.0 Å². The molecular formula is C18H26N2O3S. The molecule has 132 valence electrons. The van der Waals surface area contributed by atoms with Gasteiger partial charge in [0, 0.05) is 25.7 Å². The molecule has 1 aliphatic rings. The molecule has 0 spiro atoms. The molecule has 1 N–H and O–H groups in total. The third-order valence-electron chi connectivity index (χ3n) is 3.82. The van der Waals surface area contributed by atoms with Gasteiger partial charge in [-0.2, -0.15) is 11.3 Å². The third kappa shape index (κ3) is 6.35. The van der Waals surface area contributed by atoms with Crippen LogP contribution in [0.2, 0.25) is 0 Å². The van der Waals surface area contributed by atoms with Crippen molar-refractivity contribution in [3.05, 3.63) is 28.5 Å². The number of ether oxygens (including phenoxy) is 1. The van der Waals surface area contributed by atoms with Crippen molar-refractivity contribution in [2.45, 2.75) is 39.2 Å². The van der Waals surface area contributed by atoms with Crippen LogP contribution in [0.15, 0.2) is 22.9 Å². The van der Waals surface area contributed by atoms with Crippen LogP contribution < -0.4 is 5.32 Å². The first-order chi connectivity index (χ1) is 11.3. The van der Waals surface area contributed by atoms with Crippen LogP contribution in [-0.2, 0) is 9.53 Å². The number of likely N-dealkylation sites (tertiary alicyclic amines) is 1. The summed E-state index contributed by atoms with van der Waals surface area (Å²) in [5, 5.41) is 6.82. The molecule has 5 nitrogen and oxygen atoms in total. The molecule has 1 saturated heterocycles. The predicted molar refractivity (Wildman–Crippen MR) is 96.9 cm³/mol. The lowest BCUT2D eigenvalue weighted by Gasteiger charge is -2.31. The molecule has 0 atom stereocenters. The van der Waals surface area contributed by atoms with Crippen molar-refractivity contribution in [1.82, 2.24) is 10.2 Å². The van der Waals surface area contributed by atoms with Gasteiger partial charge in [-0.05, 0) is 68.0 Å². The van der Waals surface area contributed by atoms with E-state index >= 15 is 0 Å². The first kappa shape index (κ1) is 18.5. The molecule has 1 aromatic heterocycles. The van der Waals surface area contributed by atoms with Crippen molar-refractivity contribution in [2.75, 3.05) is 19.6 Å². The summed E-state index contributed by atoms with van der Waals surface area (Å²) in [7, 11) is 0. The molecule has 1 aromatic rings. The number of hydrogen-bond acceptors (Lipinski definition) is 4. The second-order valence-electron chi connectivity index (χ2n) is 7.04. The van der Waals surface area contributed by atoms with Crippen molar-refractivity contribution in [3.63, 3.8) is 0 Å². The normalized spacial score (nSPS) is 16.4. The van der Waals surface area contributed by atoms with E-state index in [9.17, 15) is 9.59 Å². The number of thiophene rings is 1. The Hall–Kier alpha value is -1.82. The summed E-state index contributed by atoms with van der Waals surface area (Å²) in [4.78, 5) is 25.7. The molecule has 0 aromatic carbocycles. The Morgan fingerprint density at radius 2 is 2.08 bits per heavy atom. The quantitative estimate of drug-likeness (QED) is 0.845. The van der Waals surface area contributed by atoms with E-state index in [1.807, 2.05) is 48.6 Å². The highest BCUT2D eigenvalue weighted by atomic mass is 32.1. The molecule has 24 heavy (non-hydrogen) atoms. The zero-order valence-corrected chi connectivity index (χ0v) is 15.4. The number of amides is 2. The van der Waals surface area contributed by atoms with Gasteiger partial charge in [0.05, 0.1) is 0 Å². The van der Waals surface area contributed by atoms with Gasteiger partial charge in [0.25, 0.3) is 0 Å². The first-order valence-corrected chi connectivity index (χ1v) is 9.24. The fourth-order valence-corrected chi connectivity index (χ4v) is 3.17. The first-order valence-electron chi connectivity index (χ1n) is 8.29. The van der Waals surface area contributed by atoms with Gasteiger partial charge >= 0.3 is 6.09 Å². The molecule has 0 bridgehead atoms. The van der Waals surface area contributed by atoms with Gasteiger partial charge in [-0.15, -0.1) is 0 Å². The summed E-state index contributed by atoms with van der Waals surface area (Å²) in [6.07, 6.45) is 4.91. The zero-order valence-electron chi connectivity index (χ0n) is 14.6. The summed E-state index contributed by atoms with van der Waals surface area (Å²) < 4.78 is 5.23. The van der Waals surface area contributed by atoms with E-state index in [1.165, 1.54) is 0 Å². The molecule has 0 saturated carbocycles. The van der Waals surface area contributed by atoms with Crippen LogP contribution in [-0.4, -0.2) is 42.1 Å². The fraction of sp³-hybridized carbons (Fsp3) is 0.556. The van der Waals surface area contributed by atoms with E-state index in [0.29, 0.717) is 12.5 Å². The van der Waals surface area contributed by atoms with Crippen molar-refractivity contribution >= 4 is 29.4 Å². The molecular weight excluding hydrogens is 324 g/mol. The Morgan fingerprint density at radius 1 is 1.38 bits per heavy atom. The third-order valence-corrected chi connectivity index (χ3v) is 4.52. The lowest BCUT2D eigenvalue weighted by molar-refractivity contribution is -0.127. The molecule has 1 aliphatic heterocycles. The Labute approximate surface area is 147 Å². The minimum absolute atomic E-state index is 0.0553. The average molecular weight is 350 g/mol. The molecule has 2 heterocycles. The molecule has 2 amide bonds. The van der Waals surface area contributed by atoms with Gasteiger partial charge in [-0.3, -0.25) is 4.79 Å². The van der Waals surface area contributed by atoms with Crippen molar-refractivity contribution < 1.29 is 14.3 Å². The zero-order chi connectivity index (χ0) is 17.6. The van der Waals surface area contributed by atoms with E-state index in [-0.39, 0.29) is 12.0 Å². The summed E-state index contributed by atoms with van der Waals surface area (Å²) in [5.41, 5.74) is 0.582. The Bertz CT molecular complexity index is 568. The SMILES string of the molecule is CC(C)(C)OC(=O)NCC1CCN(C(=O)/C=C/c2ccsc2)CC1. The van der Waals surface area contributed by atoms with Gasteiger partial charge in [-0.1, -0.05) is 0 Å². The number of carbonyl (C=O) groups excluding carboxylic acids is 2. The number of carbonyl (C=O) groups is 2. The highest BCUT2D eigenvalue weighted by Gasteiger charge is 2.23. The summed E-state index contributed by atoms with van der Waals surface area (Å²) in [5.74, 6) is 0.446. The van der Waals surface area contributed by atoms with Gasteiger partial charge in [0.2, 0.25) is 5.91 Å². The van der Waals surface area contributed by atoms with Gasteiger partial charge in [0.1, 0.15) is 5.60 Å². The monoisotopic (exact) mass is 350 g/mol. The Morgan fingerprint density at radius 3 is 2.67 bits per heavy atom. The van der Waals surface area contributed by atoms with Crippen LogP contribution in [0.1, 0.15) is 39.2 Å². The minimum atomic E-state index is -0.478. The Balaban J connectivity index is 1.69. The summed E-state index contributed by atoms with van der Waals surface area (Å²) in [6, 6.07) is 1.99. The van der Waals surface area contributed by atoms with Crippen LogP contribution in [0.5, 0.6) is 0 Å². The van der Waals surface area contributed by atoms with Crippen LogP contribution >= 0.6 is 11.3 Å². The summed E-state index contributed by atoms with van der Waals surface area (Å²) in [6.45, 7) is 7.60. The number of piperidine rings is 1. The maximum absolute atomic E-state index is 12.2. The topological polar surface area (TPSA) is 58.6 Å². The second kappa shape index (κ2) is 8.33. The van der Waals surface area contributed by atoms with Crippen molar-refractivity contribution in [1.29, 1.82) is 0 Å². The van der Waals surface area contributed by atoms with Crippen molar-refractivity contribution in [3.8, 4) is 0 Å². The van der Waals surface area contributed by atoms with E-state index in [0.717, 1.165) is 31.5 Å². The number of alkyl carbamates (subject to hydrolysis) is 1. The molecule has 0 aliphatic carbocycles. The maximum atomic E-state index is 12.2. The second-order valence-corrected chi connectivity index (χ2v) is 7.82. The van der Waals surface area contributed by atoms with E-state index in [2.05, 4.69) is 5.32 Å². The minimum Gasteiger partial charge on any atom is -0.444 e. The fourth-order valence-electron chi connectivity index (χ4n) is 2.54. The number of hydrogen-bond donors (Lipinski definition) is 1. The van der Waals surface area contributed by atoms with Gasteiger partial charge in [0.15, 0.2) is 0 Å². The number of nitrogens with one attached hydrogen (secondary N) is 1. The number of rotatable bonds is 4. The molecule has 0 unspecified atom stereocenters. The molecule has 6 heteroatoms. The van der Waals surface area contributed by atoms with Crippen LogP contribution in [0.25, 0.3) is 6.08 Å². The summed E-state index contributed by atoms with van der Waals surface area (Å²) >= 11 is 1.62. The van der Waals surface area contributed by atoms with Crippen molar-refractivity contribution in [2.24, 2.45) is 5.92 Å². The van der Waals surface area contributed by atoms with Crippen LogP contribution in [0.3, 0.4) is 0 Å². The van der Waals surface area contributed by atoms with E-state index < -0.39 is 5.60 Å². The van der Waals surface area contributed by atoms with Crippen LogP contribution in [0, 0.1) is 5.92 Å². The van der Waals surface area contributed by atoms with Crippen LogP contribution in [0.4, 0.5) is 4.79 Å². The lowest BCUT2D eigenvalue weighted by atomic mass is 9.97. The molecule has 1 fully saturated rings. The highest BCUT2D eigenvalue weighted by molar-refractivity contribution is 7.08.